The number of nitrogens with zero attached hydrogens (tertiary/aromatic N) is 1. The van der Waals surface area contributed by atoms with Crippen LogP contribution in [0.2, 0.25) is 0 Å². The zero-order valence-corrected chi connectivity index (χ0v) is 8.60. The lowest BCUT2D eigenvalue weighted by Crippen LogP contribution is -2.26. The van der Waals surface area contributed by atoms with Crippen molar-refractivity contribution in [1.82, 2.24) is 0 Å². The smallest absolute Gasteiger partial charge is 0.267 e. The van der Waals surface area contributed by atoms with Crippen LogP contribution in [0.4, 0.5) is 0 Å². The van der Waals surface area contributed by atoms with E-state index >= 15 is 0 Å². The number of rotatable bonds is 1. The highest BCUT2D eigenvalue weighted by molar-refractivity contribution is 6.47. The van der Waals surface area contributed by atoms with Gasteiger partial charge in [0.2, 0.25) is 0 Å². The molecule has 2 N–H and O–H groups in total. The first-order valence-electron chi connectivity index (χ1n) is 5.12. The number of carbonyl (C=O) groups excluding carboxylic acids is 1. The molecule has 3 nitrogen and oxygen atoms in total. The summed E-state index contributed by atoms with van der Waals surface area (Å²) < 4.78 is 0. The van der Waals surface area contributed by atoms with Crippen LogP contribution >= 0.6 is 0 Å². The van der Waals surface area contributed by atoms with E-state index in [1.165, 1.54) is 0 Å². The molecular weight excluding hydrogens is 200 g/mol. The van der Waals surface area contributed by atoms with Crippen LogP contribution in [0.5, 0.6) is 0 Å². The van der Waals surface area contributed by atoms with Crippen LogP contribution < -0.4 is 5.73 Å². The van der Waals surface area contributed by atoms with Gasteiger partial charge in [-0.3, -0.25) is 9.79 Å². The summed E-state index contributed by atoms with van der Waals surface area (Å²) in [7, 11) is 0. The molecule has 1 amide bonds. The molecule has 78 valence electrons. The minimum absolute atomic E-state index is 0.393. The molecule has 2 aromatic rings. The van der Waals surface area contributed by atoms with Crippen LogP contribution in [0.25, 0.3) is 10.8 Å². The second-order valence-electron chi connectivity index (χ2n) is 3.85. The Hall–Kier alpha value is -2.16. The highest BCUT2D eigenvalue weighted by Crippen LogP contribution is 2.27. The Morgan fingerprint density at radius 2 is 1.94 bits per heavy atom. The van der Waals surface area contributed by atoms with E-state index in [-0.39, 0.29) is 0 Å². The maximum atomic E-state index is 11.3. The van der Waals surface area contributed by atoms with Crippen molar-refractivity contribution >= 4 is 22.4 Å². The molecule has 1 heterocycles. The molecule has 16 heavy (non-hydrogen) atoms. The molecule has 0 atom stereocenters. The van der Waals surface area contributed by atoms with Gasteiger partial charge in [-0.1, -0.05) is 36.4 Å². The van der Waals surface area contributed by atoms with E-state index in [1.54, 1.807) is 0 Å². The van der Waals surface area contributed by atoms with Crippen molar-refractivity contribution < 1.29 is 4.79 Å². The van der Waals surface area contributed by atoms with Gasteiger partial charge < -0.3 is 5.73 Å². The number of aliphatic imine (C=N–C) groups is 1. The summed E-state index contributed by atoms with van der Waals surface area (Å²) >= 11 is 0. The van der Waals surface area contributed by atoms with E-state index in [4.69, 9.17) is 5.73 Å². The lowest BCUT2D eigenvalue weighted by Gasteiger charge is -2.15. The average Bonchev–Trinajstić information content (AvgIpc) is 2.30. The van der Waals surface area contributed by atoms with Crippen molar-refractivity contribution in [1.29, 1.82) is 0 Å². The molecule has 0 saturated heterocycles. The highest BCUT2D eigenvalue weighted by atomic mass is 16.1. The molecule has 0 bridgehead atoms. The molecule has 0 radical (unpaired) electrons. The van der Waals surface area contributed by atoms with Gasteiger partial charge in [-0.15, -0.1) is 0 Å². The minimum Gasteiger partial charge on any atom is -0.364 e. The van der Waals surface area contributed by atoms with Gasteiger partial charge in [-0.05, 0) is 16.3 Å². The third-order valence-corrected chi connectivity index (χ3v) is 2.89. The van der Waals surface area contributed by atoms with Gasteiger partial charge in [0.15, 0.2) is 0 Å². The van der Waals surface area contributed by atoms with Crippen molar-refractivity contribution in [2.45, 2.75) is 6.54 Å². The fraction of sp³-hybridized carbons (Fsp3) is 0.0769. The molecule has 0 spiro atoms. The Labute approximate surface area is 92.6 Å². The Morgan fingerprint density at radius 1 is 1.19 bits per heavy atom. The lowest BCUT2D eigenvalue weighted by atomic mass is 9.94. The predicted molar refractivity (Wildman–Crippen MR) is 63.4 cm³/mol. The molecule has 0 aromatic heterocycles. The summed E-state index contributed by atoms with van der Waals surface area (Å²) in [5.41, 5.74) is 7.73. The molecular formula is C13H10N2O. The summed E-state index contributed by atoms with van der Waals surface area (Å²) in [5, 5.41) is 2.23. The van der Waals surface area contributed by atoms with E-state index in [9.17, 15) is 4.79 Å². The number of hydrogen-bond donors (Lipinski definition) is 1. The van der Waals surface area contributed by atoms with Gasteiger partial charge in [-0.2, -0.15) is 0 Å². The van der Waals surface area contributed by atoms with E-state index in [0.29, 0.717) is 12.3 Å². The molecule has 2 aromatic carbocycles. The predicted octanol–water partition coefficient (Wildman–Crippen LogP) is 1.63. The van der Waals surface area contributed by atoms with Crippen LogP contribution in [0.15, 0.2) is 41.4 Å². The average molecular weight is 210 g/mol. The van der Waals surface area contributed by atoms with Crippen LogP contribution in [0.1, 0.15) is 11.1 Å². The van der Waals surface area contributed by atoms with E-state index < -0.39 is 5.91 Å². The van der Waals surface area contributed by atoms with Crippen LogP contribution in [0.3, 0.4) is 0 Å². The number of nitrogens with two attached hydrogens (primary N) is 1. The quantitative estimate of drug-likeness (QED) is 0.764. The van der Waals surface area contributed by atoms with Crippen molar-refractivity contribution in [2.75, 3.05) is 0 Å². The van der Waals surface area contributed by atoms with Gasteiger partial charge in [0.05, 0.1) is 6.54 Å². The normalized spacial score (nSPS) is 13.6. The monoisotopic (exact) mass is 210 g/mol. The third kappa shape index (κ3) is 1.15. The number of carbonyl (C=O) groups is 1. The number of benzene rings is 2. The van der Waals surface area contributed by atoms with E-state index in [2.05, 4.69) is 4.99 Å². The van der Waals surface area contributed by atoms with E-state index in [1.807, 2.05) is 36.4 Å². The fourth-order valence-electron chi connectivity index (χ4n) is 2.21. The topological polar surface area (TPSA) is 55.5 Å². The van der Waals surface area contributed by atoms with Gasteiger partial charge >= 0.3 is 0 Å². The molecule has 0 fully saturated rings. The largest absolute Gasteiger partial charge is 0.364 e. The minimum atomic E-state index is -0.456. The lowest BCUT2D eigenvalue weighted by molar-refractivity contribution is -0.111. The molecule has 0 aliphatic carbocycles. The first-order valence-corrected chi connectivity index (χ1v) is 5.12. The molecule has 3 heteroatoms. The molecule has 1 aliphatic heterocycles. The summed E-state index contributed by atoms with van der Waals surface area (Å²) in [5.74, 6) is -0.456. The maximum Gasteiger partial charge on any atom is 0.267 e. The van der Waals surface area contributed by atoms with Crippen LogP contribution in [-0.2, 0) is 11.3 Å². The SMILES string of the molecule is NC(=O)C1=NCc2cccc3cccc1c23. The van der Waals surface area contributed by atoms with Gasteiger partial charge in [0.25, 0.3) is 5.91 Å². The van der Waals surface area contributed by atoms with Gasteiger partial charge in [0.1, 0.15) is 5.71 Å². The second kappa shape index (κ2) is 3.17. The zero-order valence-electron chi connectivity index (χ0n) is 8.60. The van der Waals surface area contributed by atoms with Crippen LogP contribution in [-0.4, -0.2) is 11.6 Å². The Balaban J connectivity index is 2.41. The molecule has 3 rings (SSSR count). The Morgan fingerprint density at radius 3 is 2.69 bits per heavy atom. The van der Waals surface area contributed by atoms with Gasteiger partial charge in [-0.25, -0.2) is 0 Å². The Kier molecular flexibility index (Phi) is 1.80. The van der Waals surface area contributed by atoms with Crippen molar-refractivity contribution in [3.05, 3.63) is 47.5 Å². The first-order chi connectivity index (χ1) is 7.77. The van der Waals surface area contributed by atoms with E-state index in [0.717, 1.165) is 21.9 Å². The standard InChI is InChI=1S/C13H10N2O/c14-13(16)12-10-6-2-4-8-3-1-5-9(7-15-12)11(8)10/h1-6H,7H2,(H2,14,16). The number of hydrogen-bond acceptors (Lipinski definition) is 2. The summed E-state index contributed by atoms with van der Waals surface area (Å²) in [6, 6.07) is 11.9. The van der Waals surface area contributed by atoms with Crippen molar-refractivity contribution in [2.24, 2.45) is 10.7 Å². The summed E-state index contributed by atoms with van der Waals surface area (Å²) in [6.07, 6.45) is 0. The molecule has 0 unspecified atom stereocenters. The maximum absolute atomic E-state index is 11.3. The highest BCUT2D eigenvalue weighted by Gasteiger charge is 2.18. The number of amides is 1. The number of primary amides is 1. The van der Waals surface area contributed by atoms with Crippen molar-refractivity contribution in [3.63, 3.8) is 0 Å². The third-order valence-electron chi connectivity index (χ3n) is 2.89. The van der Waals surface area contributed by atoms with Gasteiger partial charge in [0, 0.05) is 5.56 Å². The Bertz CT molecular complexity index is 624. The fourth-order valence-corrected chi connectivity index (χ4v) is 2.21. The molecule has 0 saturated carbocycles. The molecule has 1 aliphatic rings. The zero-order chi connectivity index (χ0) is 11.1. The second-order valence-corrected chi connectivity index (χ2v) is 3.85. The summed E-state index contributed by atoms with van der Waals surface area (Å²) in [6.45, 7) is 0.534. The summed E-state index contributed by atoms with van der Waals surface area (Å²) in [4.78, 5) is 15.5. The van der Waals surface area contributed by atoms with Crippen molar-refractivity contribution in [3.8, 4) is 0 Å². The van der Waals surface area contributed by atoms with Crippen LogP contribution in [0, 0.1) is 0 Å². The first kappa shape index (κ1) is 9.09.